The Balaban J connectivity index is 1.90. The molecule has 2 rings (SSSR count). The monoisotopic (exact) mass is 258 g/mol. The lowest BCUT2D eigenvalue weighted by Crippen LogP contribution is -2.07. The zero-order chi connectivity index (χ0) is 13.5. The van der Waals surface area contributed by atoms with Crippen LogP contribution in [0.1, 0.15) is 35.0 Å². The molecule has 100 valence electrons. The fourth-order valence-electron chi connectivity index (χ4n) is 2.00. The highest BCUT2D eigenvalue weighted by atomic mass is 16.5. The summed E-state index contributed by atoms with van der Waals surface area (Å²) in [7, 11) is 0. The number of ether oxygens (including phenoxy) is 1. The van der Waals surface area contributed by atoms with Crippen LogP contribution in [0, 0.1) is 0 Å². The number of esters is 1. The molecule has 1 heterocycles. The summed E-state index contributed by atoms with van der Waals surface area (Å²) < 4.78 is 4.99. The van der Waals surface area contributed by atoms with Crippen molar-refractivity contribution in [1.29, 1.82) is 0 Å². The maximum Gasteiger partial charge on any atom is 0.341 e. The Hall–Kier alpha value is -2.10. The van der Waals surface area contributed by atoms with Crippen molar-refractivity contribution in [2.45, 2.75) is 26.2 Å². The molecule has 0 atom stereocenters. The second kappa shape index (κ2) is 6.73. The number of aromatic nitrogens is 2. The van der Waals surface area contributed by atoms with E-state index in [2.05, 4.69) is 22.3 Å². The maximum atomic E-state index is 11.7. The predicted octanol–water partition coefficient (Wildman–Crippen LogP) is 2.76. The summed E-state index contributed by atoms with van der Waals surface area (Å²) in [6.45, 7) is 2.18. The van der Waals surface area contributed by atoms with Gasteiger partial charge in [0.2, 0.25) is 0 Å². The van der Waals surface area contributed by atoms with Crippen molar-refractivity contribution in [2.75, 3.05) is 6.61 Å². The van der Waals surface area contributed by atoms with E-state index < -0.39 is 0 Å². The van der Waals surface area contributed by atoms with Crippen LogP contribution in [0.25, 0.3) is 0 Å². The lowest BCUT2D eigenvalue weighted by molar-refractivity contribution is 0.0525. The van der Waals surface area contributed by atoms with Crippen molar-refractivity contribution in [1.82, 2.24) is 10.2 Å². The van der Waals surface area contributed by atoms with Crippen LogP contribution in [0.3, 0.4) is 0 Å². The number of nitrogens with zero attached hydrogens (tertiary/aromatic N) is 1. The average molecular weight is 258 g/mol. The summed E-state index contributed by atoms with van der Waals surface area (Å²) in [5, 5.41) is 6.86. The van der Waals surface area contributed by atoms with E-state index in [9.17, 15) is 4.79 Å². The van der Waals surface area contributed by atoms with E-state index in [4.69, 9.17) is 4.74 Å². The summed E-state index contributed by atoms with van der Waals surface area (Å²) in [6, 6.07) is 10.3. The Labute approximate surface area is 112 Å². The molecule has 0 fully saturated rings. The molecule has 0 amide bonds. The topological polar surface area (TPSA) is 55.0 Å². The van der Waals surface area contributed by atoms with Gasteiger partial charge in [-0.25, -0.2) is 4.79 Å². The van der Waals surface area contributed by atoms with Crippen LogP contribution in [0.2, 0.25) is 0 Å². The molecule has 0 aliphatic heterocycles. The molecule has 1 aromatic carbocycles. The largest absolute Gasteiger partial charge is 0.462 e. The summed E-state index contributed by atoms with van der Waals surface area (Å²) in [6.07, 6.45) is 4.32. The van der Waals surface area contributed by atoms with Crippen LogP contribution >= 0.6 is 0 Å². The SMILES string of the molecule is CCOC(=O)c1c[nH]nc1CCCc1ccccc1. The molecular formula is C15H18N2O2. The molecule has 0 unspecified atom stereocenters. The Bertz CT molecular complexity index is 520. The van der Waals surface area contributed by atoms with Crippen LogP contribution in [0.4, 0.5) is 0 Å². The number of aromatic amines is 1. The van der Waals surface area contributed by atoms with Crippen molar-refractivity contribution >= 4 is 5.97 Å². The Morgan fingerprint density at radius 1 is 1.26 bits per heavy atom. The Kier molecular flexibility index (Phi) is 4.72. The number of aryl methyl sites for hydroxylation is 2. The molecule has 0 aliphatic carbocycles. The van der Waals surface area contributed by atoms with Gasteiger partial charge in [0.1, 0.15) is 5.56 Å². The minimum Gasteiger partial charge on any atom is -0.462 e. The lowest BCUT2D eigenvalue weighted by Gasteiger charge is -2.03. The molecule has 0 bridgehead atoms. The summed E-state index contributed by atoms with van der Waals surface area (Å²) in [5.74, 6) is -0.300. The molecular weight excluding hydrogens is 240 g/mol. The quantitative estimate of drug-likeness (QED) is 0.810. The zero-order valence-corrected chi connectivity index (χ0v) is 11.1. The van der Waals surface area contributed by atoms with E-state index in [1.54, 1.807) is 13.1 Å². The molecule has 4 heteroatoms. The van der Waals surface area contributed by atoms with Crippen molar-refractivity contribution in [3.63, 3.8) is 0 Å². The maximum absolute atomic E-state index is 11.7. The first kappa shape index (κ1) is 13.3. The van der Waals surface area contributed by atoms with Gasteiger partial charge < -0.3 is 4.74 Å². The highest BCUT2D eigenvalue weighted by molar-refractivity contribution is 5.90. The Morgan fingerprint density at radius 3 is 2.79 bits per heavy atom. The second-order valence-electron chi connectivity index (χ2n) is 4.31. The summed E-state index contributed by atoms with van der Waals surface area (Å²) in [4.78, 5) is 11.7. The van der Waals surface area contributed by atoms with Crippen LogP contribution in [0.15, 0.2) is 36.5 Å². The Morgan fingerprint density at radius 2 is 2.05 bits per heavy atom. The number of benzene rings is 1. The van der Waals surface area contributed by atoms with Crippen LogP contribution in [-0.4, -0.2) is 22.8 Å². The number of carbonyl (C=O) groups excluding carboxylic acids is 1. The highest BCUT2D eigenvalue weighted by Gasteiger charge is 2.14. The van der Waals surface area contributed by atoms with E-state index in [-0.39, 0.29) is 5.97 Å². The standard InChI is InChI=1S/C15H18N2O2/c1-2-19-15(18)13-11-16-17-14(13)10-6-9-12-7-4-3-5-8-12/h3-5,7-8,11H,2,6,9-10H2,1H3,(H,16,17). The normalized spacial score (nSPS) is 10.4. The highest BCUT2D eigenvalue weighted by Crippen LogP contribution is 2.11. The van der Waals surface area contributed by atoms with Gasteiger partial charge in [-0.3, -0.25) is 5.10 Å². The first-order valence-corrected chi connectivity index (χ1v) is 6.55. The van der Waals surface area contributed by atoms with Gasteiger partial charge in [0.25, 0.3) is 0 Å². The number of H-pyrrole nitrogens is 1. The first-order valence-electron chi connectivity index (χ1n) is 6.55. The number of hydrogen-bond acceptors (Lipinski definition) is 3. The van der Waals surface area contributed by atoms with Crippen LogP contribution < -0.4 is 0 Å². The van der Waals surface area contributed by atoms with E-state index in [1.165, 1.54) is 5.56 Å². The summed E-state index contributed by atoms with van der Waals surface area (Å²) >= 11 is 0. The van der Waals surface area contributed by atoms with E-state index >= 15 is 0 Å². The van der Waals surface area contributed by atoms with E-state index in [1.807, 2.05) is 18.2 Å². The van der Waals surface area contributed by atoms with Gasteiger partial charge in [0.15, 0.2) is 0 Å². The summed E-state index contributed by atoms with van der Waals surface area (Å²) in [5.41, 5.74) is 2.64. The van der Waals surface area contributed by atoms with Crippen molar-refractivity contribution in [2.24, 2.45) is 0 Å². The molecule has 0 radical (unpaired) electrons. The van der Waals surface area contributed by atoms with Crippen molar-refractivity contribution < 1.29 is 9.53 Å². The molecule has 0 spiro atoms. The van der Waals surface area contributed by atoms with Gasteiger partial charge in [-0.2, -0.15) is 5.10 Å². The minimum absolute atomic E-state index is 0.300. The molecule has 0 aliphatic rings. The van der Waals surface area contributed by atoms with Gasteiger partial charge in [0.05, 0.1) is 12.3 Å². The fourth-order valence-corrected chi connectivity index (χ4v) is 2.00. The zero-order valence-electron chi connectivity index (χ0n) is 11.1. The average Bonchev–Trinajstić information content (AvgIpc) is 2.89. The number of nitrogens with one attached hydrogen (secondary N) is 1. The predicted molar refractivity (Wildman–Crippen MR) is 73.0 cm³/mol. The number of carbonyl (C=O) groups is 1. The third kappa shape index (κ3) is 3.68. The lowest BCUT2D eigenvalue weighted by atomic mass is 10.1. The van der Waals surface area contributed by atoms with Crippen LogP contribution in [0.5, 0.6) is 0 Å². The molecule has 0 saturated heterocycles. The fraction of sp³-hybridized carbons (Fsp3) is 0.333. The smallest absolute Gasteiger partial charge is 0.341 e. The molecule has 1 N–H and O–H groups in total. The molecule has 1 aromatic heterocycles. The van der Waals surface area contributed by atoms with Gasteiger partial charge in [0, 0.05) is 6.20 Å². The van der Waals surface area contributed by atoms with Gasteiger partial charge >= 0.3 is 5.97 Å². The molecule has 19 heavy (non-hydrogen) atoms. The second-order valence-corrected chi connectivity index (χ2v) is 4.31. The van der Waals surface area contributed by atoms with Gasteiger partial charge in [-0.15, -0.1) is 0 Å². The van der Waals surface area contributed by atoms with Crippen molar-refractivity contribution in [3.8, 4) is 0 Å². The van der Waals surface area contributed by atoms with E-state index in [0.29, 0.717) is 12.2 Å². The van der Waals surface area contributed by atoms with Crippen molar-refractivity contribution in [3.05, 3.63) is 53.3 Å². The first-order chi connectivity index (χ1) is 9.31. The minimum atomic E-state index is -0.300. The molecule has 2 aromatic rings. The third-order valence-electron chi connectivity index (χ3n) is 2.94. The van der Waals surface area contributed by atoms with Gasteiger partial charge in [-0.05, 0) is 31.7 Å². The third-order valence-corrected chi connectivity index (χ3v) is 2.94. The van der Waals surface area contributed by atoms with Gasteiger partial charge in [-0.1, -0.05) is 30.3 Å². The number of rotatable bonds is 6. The van der Waals surface area contributed by atoms with Crippen LogP contribution in [-0.2, 0) is 17.6 Å². The molecule has 0 saturated carbocycles. The molecule has 4 nitrogen and oxygen atoms in total. The number of hydrogen-bond donors (Lipinski definition) is 1. The van der Waals surface area contributed by atoms with E-state index in [0.717, 1.165) is 25.0 Å².